The minimum Gasteiger partial charge on any atom is -0.352 e. The fraction of sp³-hybridized carbons (Fsp3) is 0.462. The summed E-state index contributed by atoms with van der Waals surface area (Å²) in [5.41, 5.74) is 1.89. The minimum atomic E-state index is -3.76. The van der Waals surface area contributed by atoms with E-state index < -0.39 is 21.9 Å². The average Bonchev–Trinajstić information content (AvgIpc) is 2.76. The SMILES string of the molecule is CC[C@@H](C(=O)NC(C)C)N(Cc1cccc(C)c1)C(=O)CCCN(c1ccccc1F)S(C)(=O)=O. The number of carbonyl (C=O) groups is 2. The highest BCUT2D eigenvalue weighted by Gasteiger charge is 2.29. The summed E-state index contributed by atoms with van der Waals surface area (Å²) in [5.74, 6) is -1.14. The first-order valence-corrected chi connectivity index (χ1v) is 13.7. The van der Waals surface area contributed by atoms with Crippen molar-refractivity contribution in [2.45, 2.75) is 65.6 Å². The molecule has 2 aromatic rings. The van der Waals surface area contributed by atoms with Gasteiger partial charge in [0, 0.05) is 25.6 Å². The summed E-state index contributed by atoms with van der Waals surface area (Å²) < 4.78 is 39.9. The second-order valence-electron chi connectivity index (χ2n) is 8.99. The monoisotopic (exact) mass is 505 g/mol. The number of amides is 2. The van der Waals surface area contributed by atoms with Gasteiger partial charge < -0.3 is 10.2 Å². The van der Waals surface area contributed by atoms with Crippen LogP contribution in [0.3, 0.4) is 0 Å². The fourth-order valence-electron chi connectivity index (χ4n) is 3.94. The van der Waals surface area contributed by atoms with Gasteiger partial charge in [-0.1, -0.05) is 48.9 Å². The van der Waals surface area contributed by atoms with Crippen LogP contribution >= 0.6 is 0 Å². The van der Waals surface area contributed by atoms with E-state index in [9.17, 15) is 22.4 Å². The van der Waals surface area contributed by atoms with Crippen LogP contribution in [0.4, 0.5) is 10.1 Å². The van der Waals surface area contributed by atoms with Crippen LogP contribution in [0.25, 0.3) is 0 Å². The molecule has 35 heavy (non-hydrogen) atoms. The van der Waals surface area contributed by atoms with Crippen LogP contribution in [-0.4, -0.2) is 50.0 Å². The molecule has 2 aromatic carbocycles. The molecule has 2 rings (SSSR count). The molecule has 0 aliphatic heterocycles. The molecule has 0 radical (unpaired) electrons. The highest BCUT2D eigenvalue weighted by atomic mass is 32.2. The van der Waals surface area contributed by atoms with Crippen molar-refractivity contribution >= 4 is 27.5 Å². The number of carbonyl (C=O) groups excluding carboxylic acids is 2. The third kappa shape index (κ3) is 8.35. The number of aryl methyl sites for hydroxylation is 1. The summed E-state index contributed by atoms with van der Waals surface area (Å²) >= 11 is 0. The van der Waals surface area contributed by atoms with Crippen LogP contribution in [0.1, 0.15) is 51.2 Å². The molecule has 2 amide bonds. The number of sulfonamides is 1. The van der Waals surface area contributed by atoms with Gasteiger partial charge in [0.15, 0.2) is 0 Å². The predicted molar refractivity (Wildman–Crippen MR) is 137 cm³/mol. The van der Waals surface area contributed by atoms with Gasteiger partial charge in [0.1, 0.15) is 11.9 Å². The molecule has 0 saturated heterocycles. The molecule has 192 valence electrons. The Balaban J connectivity index is 2.23. The fourth-order valence-corrected chi connectivity index (χ4v) is 4.91. The Morgan fingerprint density at radius 3 is 2.34 bits per heavy atom. The first-order chi connectivity index (χ1) is 16.4. The molecule has 0 saturated carbocycles. The molecule has 0 bridgehead atoms. The summed E-state index contributed by atoms with van der Waals surface area (Å²) in [7, 11) is -3.76. The number of rotatable bonds is 12. The second kappa shape index (κ2) is 12.7. The summed E-state index contributed by atoms with van der Waals surface area (Å²) in [6.45, 7) is 7.73. The minimum absolute atomic E-state index is 0.0117. The van der Waals surface area contributed by atoms with Gasteiger partial charge in [-0.3, -0.25) is 13.9 Å². The van der Waals surface area contributed by atoms with E-state index >= 15 is 0 Å². The van der Waals surface area contributed by atoms with Crippen molar-refractivity contribution in [1.29, 1.82) is 0 Å². The van der Waals surface area contributed by atoms with Crippen molar-refractivity contribution in [1.82, 2.24) is 10.2 Å². The molecular weight excluding hydrogens is 469 g/mol. The lowest BCUT2D eigenvalue weighted by Crippen LogP contribution is -2.50. The summed E-state index contributed by atoms with van der Waals surface area (Å²) in [6.07, 6.45) is 1.63. The van der Waals surface area contributed by atoms with E-state index in [2.05, 4.69) is 5.32 Å². The van der Waals surface area contributed by atoms with E-state index in [0.29, 0.717) is 6.42 Å². The summed E-state index contributed by atoms with van der Waals surface area (Å²) in [5, 5.41) is 2.89. The Bertz CT molecular complexity index is 1120. The molecular formula is C26H36FN3O4S. The molecule has 1 atom stereocenters. The first-order valence-electron chi connectivity index (χ1n) is 11.8. The number of benzene rings is 2. The molecule has 9 heteroatoms. The third-order valence-corrected chi connectivity index (χ3v) is 6.71. The Labute approximate surface area is 208 Å². The number of halogens is 1. The summed E-state index contributed by atoms with van der Waals surface area (Å²) in [6, 6.07) is 12.6. The zero-order chi connectivity index (χ0) is 26.2. The van der Waals surface area contributed by atoms with Gasteiger partial charge >= 0.3 is 0 Å². The zero-order valence-corrected chi connectivity index (χ0v) is 21.9. The second-order valence-corrected chi connectivity index (χ2v) is 10.9. The molecule has 0 unspecified atom stereocenters. The van der Waals surface area contributed by atoms with E-state index in [0.717, 1.165) is 21.7 Å². The van der Waals surface area contributed by atoms with Crippen molar-refractivity contribution in [2.24, 2.45) is 0 Å². The van der Waals surface area contributed by atoms with Gasteiger partial charge in [0.25, 0.3) is 0 Å². The maximum absolute atomic E-state index is 14.3. The lowest BCUT2D eigenvalue weighted by Gasteiger charge is -2.31. The van der Waals surface area contributed by atoms with Crippen LogP contribution in [0.5, 0.6) is 0 Å². The van der Waals surface area contributed by atoms with Gasteiger partial charge in [-0.25, -0.2) is 12.8 Å². The Morgan fingerprint density at radius 2 is 1.77 bits per heavy atom. The van der Waals surface area contributed by atoms with E-state index in [1.807, 2.05) is 52.0 Å². The molecule has 1 N–H and O–H groups in total. The largest absolute Gasteiger partial charge is 0.352 e. The van der Waals surface area contributed by atoms with E-state index in [4.69, 9.17) is 0 Å². The molecule has 0 spiro atoms. The Morgan fingerprint density at radius 1 is 1.09 bits per heavy atom. The van der Waals surface area contributed by atoms with Gasteiger partial charge in [-0.2, -0.15) is 0 Å². The van der Waals surface area contributed by atoms with Crippen molar-refractivity contribution in [3.63, 3.8) is 0 Å². The molecule has 0 fully saturated rings. The standard InChI is InChI=1S/C26H36FN3O4S/c1-6-23(26(32)28-19(2)3)29(18-21-12-9-11-20(4)17-21)25(31)15-10-16-30(35(5,33)34)24-14-8-7-13-22(24)27/h7-9,11-14,17,19,23H,6,10,15-16,18H2,1-5H3,(H,28,32)/t23-/m0/s1. The normalized spacial score (nSPS) is 12.3. The van der Waals surface area contributed by atoms with Gasteiger partial charge in [-0.05, 0) is 51.3 Å². The van der Waals surface area contributed by atoms with Gasteiger partial charge in [-0.15, -0.1) is 0 Å². The van der Waals surface area contributed by atoms with Gasteiger partial charge in [0.05, 0.1) is 11.9 Å². The first kappa shape index (κ1) is 28.3. The highest BCUT2D eigenvalue weighted by molar-refractivity contribution is 7.92. The van der Waals surface area contributed by atoms with Crippen LogP contribution in [0.15, 0.2) is 48.5 Å². The van der Waals surface area contributed by atoms with E-state index in [-0.39, 0.29) is 49.5 Å². The average molecular weight is 506 g/mol. The Kier molecular flexibility index (Phi) is 10.2. The smallest absolute Gasteiger partial charge is 0.243 e. The molecule has 0 aromatic heterocycles. The molecule has 7 nitrogen and oxygen atoms in total. The lowest BCUT2D eigenvalue weighted by atomic mass is 10.1. The number of para-hydroxylation sites is 1. The zero-order valence-electron chi connectivity index (χ0n) is 21.1. The van der Waals surface area contributed by atoms with Gasteiger partial charge in [0.2, 0.25) is 21.8 Å². The molecule has 0 aliphatic rings. The van der Waals surface area contributed by atoms with Crippen LogP contribution < -0.4 is 9.62 Å². The predicted octanol–water partition coefficient (Wildman–Crippen LogP) is 4.01. The lowest BCUT2D eigenvalue weighted by molar-refractivity contribution is -0.141. The van der Waals surface area contributed by atoms with E-state index in [1.165, 1.54) is 18.2 Å². The topological polar surface area (TPSA) is 86.8 Å². The quantitative estimate of drug-likeness (QED) is 0.472. The van der Waals surface area contributed by atoms with Crippen molar-refractivity contribution < 1.29 is 22.4 Å². The van der Waals surface area contributed by atoms with Crippen molar-refractivity contribution in [3.05, 3.63) is 65.5 Å². The number of anilines is 1. The highest BCUT2D eigenvalue weighted by Crippen LogP contribution is 2.22. The Hall–Kier alpha value is -2.94. The van der Waals surface area contributed by atoms with E-state index in [1.54, 1.807) is 11.0 Å². The van der Waals surface area contributed by atoms with Crippen LogP contribution in [0.2, 0.25) is 0 Å². The number of nitrogens with zero attached hydrogens (tertiary/aromatic N) is 2. The van der Waals surface area contributed by atoms with Crippen molar-refractivity contribution in [2.75, 3.05) is 17.1 Å². The maximum Gasteiger partial charge on any atom is 0.243 e. The van der Waals surface area contributed by atoms with Crippen LogP contribution in [-0.2, 0) is 26.2 Å². The van der Waals surface area contributed by atoms with Crippen LogP contribution in [0, 0.1) is 12.7 Å². The number of hydrogen-bond acceptors (Lipinski definition) is 4. The number of nitrogens with one attached hydrogen (secondary N) is 1. The third-order valence-electron chi connectivity index (χ3n) is 5.53. The molecule has 0 aliphatic carbocycles. The van der Waals surface area contributed by atoms with Crippen molar-refractivity contribution in [3.8, 4) is 0 Å². The maximum atomic E-state index is 14.3. The number of hydrogen-bond donors (Lipinski definition) is 1. The molecule has 0 heterocycles. The summed E-state index contributed by atoms with van der Waals surface area (Å²) in [4.78, 5) is 27.8.